The molecule has 8 nitrogen and oxygen atoms in total. The molecule has 1 fully saturated rings. The first-order valence-corrected chi connectivity index (χ1v) is 11.5. The molecule has 0 aliphatic carbocycles. The summed E-state index contributed by atoms with van der Waals surface area (Å²) in [4.78, 5) is 40.0. The number of hydrogen-bond acceptors (Lipinski definition) is 5. The van der Waals surface area contributed by atoms with Crippen LogP contribution in [0.5, 0.6) is 0 Å². The summed E-state index contributed by atoms with van der Waals surface area (Å²) in [6, 6.07) is 5.59. The first-order valence-electron chi connectivity index (χ1n) is 11.1. The Morgan fingerprint density at radius 3 is 2.79 bits per heavy atom. The van der Waals surface area contributed by atoms with Gasteiger partial charge in [-0.05, 0) is 55.5 Å². The van der Waals surface area contributed by atoms with Gasteiger partial charge in [0, 0.05) is 37.4 Å². The number of halogens is 1. The van der Waals surface area contributed by atoms with E-state index in [-0.39, 0.29) is 17.4 Å². The van der Waals surface area contributed by atoms with Gasteiger partial charge in [-0.2, -0.15) is 0 Å². The van der Waals surface area contributed by atoms with Crippen LogP contribution in [-0.2, 0) is 11.2 Å². The van der Waals surface area contributed by atoms with Crippen LogP contribution in [0.25, 0.3) is 16.6 Å². The molecule has 33 heavy (non-hydrogen) atoms. The lowest BCUT2D eigenvalue weighted by Crippen LogP contribution is -2.30. The summed E-state index contributed by atoms with van der Waals surface area (Å²) in [5, 5.41) is 0.562. The van der Waals surface area contributed by atoms with E-state index in [4.69, 9.17) is 16.3 Å². The number of nitrogens with one attached hydrogen (secondary N) is 1. The number of carbonyl (C=O) groups is 1. The van der Waals surface area contributed by atoms with Crippen molar-refractivity contribution in [3.63, 3.8) is 0 Å². The Bertz CT molecular complexity index is 1490. The molecule has 0 spiro atoms. The molecule has 168 valence electrons. The zero-order valence-corrected chi connectivity index (χ0v) is 18.9. The van der Waals surface area contributed by atoms with Gasteiger partial charge in [-0.3, -0.25) is 18.9 Å². The molecule has 1 aromatic carbocycles. The molecule has 0 bridgehead atoms. The van der Waals surface area contributed by atoms with Gasteiger partial charge in [-0.15, -0.1) is 0 Å². The second kappa shape index (κ2) is 7.67. The van der Waals surface area contributed by atoms with Crippen LogP contribution in [-0.4, -0.2) is 45.0 Å². The Morgan fingerprint density at radius 2 is 1.97 bits per heavy atom. The highest BCUT2D eigenvalue weighted by atomic mass is 35.5. The van der Waals surface area contributed by atoms with Crippen molar-refractivity contribution < 1.29 is 9.53 Å². The number of H-pyrrole nitrogens is 1. The SMILES string of the molecule is Cc1cc2c(cc1C(=O)N1CCc3cc(Cl)cnc31)[nH]c(=O)c1cnc(C3CCOCC3)n12. The molecular weight excluding hydrogens is 442 g/mol. The van der Waals surface area contributed by atoms with Gasteiger partial charge in [0.05, 0.1) is 22.3 Å². The van der Waals surface area contributed by atoms with Crippen LogP contribution in [0.3, 0.4) is 0 Å². The number of imidazole rings is 1. The van der Waals surface area contributed by atoms with Crippen LogP contribution in [0.4, 0.5) is 5.82 Å². The molecule has 4 aromatic rings. The maximum Gasteiger partial charge on any atom is 0.274 e. The van der Waals surface area contributed by atoms with Crippen LogP contribution in [0, 0.1) is 6.92 Å². The molecule has 1 N–H and O–H groups in total. The molecule has 6 rings (SSSR count). The summed E-state index contributed by atoms with van der Waals surface area (Å²) < 4.78 is 7.45. The summed E-state index contributed by atoms with van der Waals surface area (Å²) >= 11 is 6.07. The van der Waals surface area contributed by atoms with Gasteiger partial charge in [0.15, 0.2) is 0 Å². The molecule has 9 heteroatoms. The minimum atomic E-state index is -0.224. The van der Waals surface area contributed by atoms with Crippen LogP contribution in [0.15, 0.2) is 35.4 Å². The first kappa shape index (κ1) is 20.4. The van der Waals surface area contributed by atoms with E-state index in [1.54, 1.807) is 23.4 Å². The van der Waals surface area contributed by atoms with Crippen LogP contribution in [0.1, 0.15) is 46.1 Å². The number of fused-ring (bicyclic) bond motifs is 4. The molecular formula is C24H22ClN5O3. The lowest BCUT2D eigenvalue weighted by molar-refractivity contribution is 0.0835. The fourth-order valence-corrected chi connectivity index (χ4v) is 5.18. The smallest absolute Gasteiger partial charge is 0.274 e. The number of benzene rings is 1. The number of aryl methyl sites for hydroxylation is 1. The van der Waals surface area contributed by atoms with Crippen molar-refractivity contribution in [1.82, 2.24) is 19.4 Å². The van der Waals surface area contributed by atoms with E-state index < -0.39 is 0 Å². The van der Waals surface area contributed by atoms with Crippen molar-refractivity contribution in [3.05, 3.63) is 68.5 Å². The number of carbonyl (C=O) groups excluding carboxylic acids is 1. The third-order valence-electron chi connectivity index (χ3n) is 6.69. The molecule has 2 aliphatic heterocycles. The van der Waals surface area contributed by atoms with Crippen LogP contribution in [0.2, 0.25) is 5.02 Å². The van der Waals surface area contributed by atoms with Crippen molar-refractivity contribution in [2.75, 3.05) is 24.7 Å². The molecule has 3 aromatic heterocycles. The average Bonchev–Trinajstić information content (AvgIpc) is 3.44. The molecule has 0 radical (unpaired) electrons. The van der Waals surface area contributed by atoms with Gasteiger partial charge in [0.1, 0.15) is 17.2 Å². The summed E-state index contributed by atoms with van der Waals surface area (Å²) in [7, 11) is 0. The minimum absolute atomic E-state index is 0.140. The second-order valence-electron chi connectivity index (χ2n) is 8.71. The number of aromatic amines is 1. The van der Waals surface area contributed by atoms with Gasteiger partial charge in [-0.25, -0.2) is 9.97 Å². The number of rotatable bonds is 2. The predicted octanol–water partition coefficient (Wildman–Crippen LogP) is 3.63. The predicted molar refractivity (Wildman–Crippen MR) is 125 cm³/mol. The highest BCUT2D eigenvalue weighted by Gasteiger charge is 2.29. The Labute approximate surface area is 194 Å². The third-order valence-corrected chi connectivity index (χ3v) is 6.89. The van der Waals surface area contributed by atoms with E-state index in [2.05, 4.69) is 15.0 Å². The van der Waals surface area contributed by atoms with Crippen molar-refractivity contribution in [2.45, 2.75) is 32.1 Å². The van der Waals surface area contributed by atoms with Gasteiger partial charge in [0.25, 0.3) is 11.5 Å². The van der Waals surface area contributed by atoms with Crippen molar-refractivity contribution in [1.29, 1.82) is 0 Å². The monoisotopic (exact) mass is 463 g/mol. The summed E-state index contributed by atoms with van der Waals surface area (Å²) in [6.45, 7) is 3.84. The summed E-state index contributed by atoms with van der Waals surface area (Å²) in [5.41, 5.74) is 4.06. The fraction of sp³-hybridized carbons (Fsp3) is 0.333. The largest absolute Gasteiger partial charge is 0.381 e. The molecule has 5 heterocycles. The van der Waals surface area contributed by atoms with Gasteiger partial charge in [0.2, 0.25) is 0 Å². The second-order valence-corrected chi connectivity index (χ2v) is 9.14. The van der Waals surface area contributed by atoms with E-state index in [1.165, 1.54) is 0 Å². The van der Waals surface area contributed by atoms with E-state index in [0.717, 1.165) is 35.3 Å². The van der Waals surface area contributed by atoms with Crippen molar-refractivity contribution >= 4 is 39.9 Å². The minimum Gasteiger partial charge on any atom is -0.381 e. The normalized spacial score (nSPS) is 16.6. The molecule has 0 unspecified atom stereocenters. The maximum atomic E-state index is 13.5. The standard InChI is InChI=1S/C24H22ClN5O3/c1-13-8-19-18(10-17(13)24(32)29-5-2-15-9-16(25)11-26-21(15)29)28-23(31)20-12-27-22(30(19)20)14-3-6-33-7-4-14/h8-12,14H,2-7H2,1H3,(H,28,31). The molecule has 0 atom stereocenters. The zero-order chi connectivity index (χ0) is 22.7. The van der Waals surface area contributed by atoms with Crippen molar-refractivity contribution in [3.8, 4) is 0 Å². The highest BCUT2D eigenvalue weighted by molar-refractivity contribution is 6.30. The number of nitrogens with zero attached hydrogens (tertiary/aromatic N) is 4. The van der Waals surface area contributed by atoms with Gasteiger partial charge in [-0.1, -0.05) is 11.6 Å². The number of amides is 1. The summed E-state index contributed by atoms with van der Waals surface area (Å²) in [6.07, 6.45) is 5.64. The molecule has 1 amide bonds. The lowest BCUT2D eigenvalue weighted by atomic mass is 9.99. The fourth-order valence-electron chi connectivity index (χ4n) is 5.00. The molecule has 2 aliphatic rings. The topological polar surface area (TPSA) is 92.6 Å². The Kier molecular flexibility index (Phi) is 4.74. The van der Waals surface area contributed by atoms with E-state index in [9.17, 15) is 9.59 Å². The number of anilines is 1. The quantitative estimate of drug-likeness (QED) is 0.490. The zero-order valence-electron chi connectivity index (χ0n) is 18.1. The summed E-state index contributed by atoms with van der Waals surface area (Å²) in [5.74, 6) is 1.60. The number of aromatic nitrogens is 4. The average molecular weight is 464 g/mol. The number of hydrogen-bond donors (Lipinski definition) is 1. The number of ether oxygens (including phenoxy) is 1. The molecule has 0 saturated carbocycles. The van der Waals surface area contributed by atoms with Crippen LogP contribution < -0.4 is 10.5 Å². The highest BCUT2D eigenvalue weighted by Crippen LogP contribution is 2.32. The van der Waals surface area contributed by atoms with E-state index in [0.29, 0.717) is 53.6 Å². The van der Waals surface area contributed by atoms with E-state index in [1.807, 2.05) is 23.5 Å². The first-order chi connectivity index (χ1) is 16.0. The number of pyridine rings is 1. The molecule has 1 saturated heterocycles. The maximum absolute atomic E-state index is 13.5. The van der Waals surface area contributed by atoms with Gasteiger partial charge >= 0.3 is 0 Å². The van der Waals surface area contributed by atoms with Crippen molar-refractivity contribution in [2.24, 2.45) is 0 Å². The van der Waals surface area contributed by atoms with Crippen LogP contribution >= 0.6 is 11.6 Å². The van der Waals surface area contributed by atoms with Gasteiger partial charge < -0.3 is 9.72 Å². The third kappa shape index (κ3) is 3.24. The Balaban J connectivity index is 1.48. The Hall–Kier alpha value is -3.23. The lowest BCUT2D eigenvalue weighted by Gasteiger charge is -2.22. The Morgan fingerprint density at radius 1 is 1.15 bits per heavy atom. The van der Waals surface area contributed by atoms with E-state index >= 15 is 0 Å².